The van der Waals surface area contributed by atoms with E-state index in [0.717, 1.165) is 5.56 Å². The zero-order chi connectivity index (χ0) is 19.3. The SMILES string of the molecule is CCNS(=O)(=O)c1cccc(C(=O)OCc2cc(-c3ccccc3)on2)c1. The zero-order valence-corrected chi connectivity index (χ0v) is 15.4. The van der Waals surface area contributed by atoms with E-state index in [1.54, 1.807) is 13.0 Å². The molecule has 0 saturated carbocycles. The second-order valence-electron chi connectivity index (χ2n) is 5.65. The van der Waals surface area contributed by atoms with E-state index < -0.39 is 16.0 Å². The molecule has 3 aromatic rings. The van der Waals surface area contributed by atoms with Gasteiger partial charge in [-0.1, -0.05) is 48.5 Å². The standard InChI is InChI=1S/C19H18N2O5S/c1-2-20-27(23,24)17-10-6-9-15(11-17)19(22)25-13-16-12-18(26-21-16)14-7-4-3-5-8-14/h3-12,20H,2,13H2,1H3. The summed E-state index contributed by atoms with van der Waals surface area (Å²) in [7, 11) is -3.65. The first-order chi connectivity index (χ1) is 13.0. The molecule has 1 heterocycles. The van der Waals surface area contributed by atoms with E-state index in [0.29, 0.717) is 11.5 Å². The highest BCUT2D eigenvalue weighted by Gasteiger charge is 2.16. The molecule has 0 radical (unpaired) electrons. The lowest BCUT2D eigenvalue weighted by atomic mass is 10.2. The van der Waals surface area contributed by atoms with Crippen molar-refractivity contribution in [2.45, 2.75) is 18.4 Å². The maximum atomic E-state index is 12.2. The van der Waals surface area contributed by atoms with Crippen molar-refractivity contribution < 1.29 is 22.5 Å². The molecule has 2 aromatic carbocycles. The fourth-order valence-electron chi connectivity index (χ4n) is 2.40. The van der Waals surface area contributed by atoms with Crippen molar-refractivity contribution in [2.75, 3.05) is 6.54 Å². The van der Waals surface area contributed by atoms with E-state index >= 15 is 0 Å². The molecular weight excluding hydrogens is 368 g/mol. The van der Waals surface area contributed by atoms with Crippen molar-refractivity contribution in [3.05, 3.63) is 71.9 Å². The van der Waals surface area contributed by atoms with Crippen LogP contribution in [-0.4, -0.2) is 26.1 Å². The second kappa shape index (κ2) is 8.15. The smallest absolute Gasteiger partial charge is 0.338 e. The fraction of sp³-hybridized carbons (Fsp3) is 0.158. The highest BCUT2D eigenvalue weighted by atomic mass is 32.2. The van der Waals surface area contributed by atoms with Gasteiger partial charge >= 0.3 is 5.97 Å². The van der Waals surface area contributed by atoms with Gasteiger partial charge in [0, 0.05) is 18.2 Å². The van der Waals surface area contributed by atoms with E-state index in [2.05, 4.69) is 9.88 Å². The summed E-state index contributed by atoms with van der Waals surface area (Å²) in [6.45, 7) is 1.85. The molecule has 0 spiro atoms. The van der Waals surface area contributed by atoms with Crippen molar-refractivity contribution in [3.63, 3.8) is 0 Å². The molecule has 0 atom stereocenters. The minimum atomic E-state index is -3.65. The Kier molecular flexibility index (Phi) is 5.68. The number of nitrogens with zero attached hydrogens (tertiary/aromatic N) is 1. The van der Waals surface area contributed by atoms with E-state index in [-0.39, 0.29) is 23.6 Å². The molecule has 0 amide bonds. The van der Waals surface area contributed by atoms with Crippen LogP contribution in [0.3, 0.4) is 0 Å². The molecule has 7 nitrogen and oxygen atoms in total. The Morgan fingerprint density at radius 3 is 2.63 bits per heavy atom. The lowest BCUT2D eigenvalue weighted by Gasteiger charge is -2.07. The van der Waals surface area contributed by atoms with E-state index in [1.165, 1.54) is 24.3 Å². The number of hydrogen-bond donors (Lipinski definition) is 1. The number of carbonyl (C=O) groups is 1. The van der Waals surface area contributed by atoms with Crippen LogP contribution < -0.4 is 4.72 Å². The third-order valence-corrected chi connectivity index (χ3v) is 5.23. The van der Waals surface area contributed by atoms with Crippen molar-refractivity contribution in [3.8, 4) is 11.3 Å². The van der Waals surface area contributed by atoms with Crippen LogP contribution in [0.1, 0.15) is 23.0 Å². The van der Waals surface area contributed by atoms with Gasteiger partial charge in [-0.05, 0) is 18.2 Å². The number of carbonyl (C=O) groups excluding carboxylic acids is 1. The van der Waals surface area contributed by atoms with Crippen LogP contribution in [0.15, 0.2) is 70.1 Å². The summed E-state index contributed by atoms with van der Waals surface area (Å²) >= 11 is 0. The average Bonchev–Trinajstić information content (AvgIpc) is 3.16. The molecule has 140 valence electrons. The van der Waals surface area contributed by atoms with Gasteiger partial charge in [0.15, 0.2) is 5.76 Å². The summed E-state index contributed by atoms with van der Waals surface area (Å²) in [5.74, 6) is -0.0758. The number of hydrogen-bond acceptors (Lipinski definition) is 6. The summed E-state index contributed by atoms with van der Waals surface area (Å²) in [5, 5.41) is 3.88. The Bertz CT molecular complexity index is 1030. The van der Waals surface area contributed by atoms with E-state index in [1.807, 2.05) is 30.3 Å². The van der Waals surface area contributed by atoms with Gasteiger partial charge in [-0.2, -0.15) is 0 Å². The summed E-state index contributed by atoms with van der Waals surface area (Å²) in [5.41, 5.74) is 1.46. The largest absolute Gasteiger partial charge is 0.455 e. The van der Waals surface area contributed by atoms with Crippen LogP contribution in [0.25, 0.3) is 11.3 Å². The minimum absolute atomic E-state index is 0.00611. The normalized spacial score (nSPS) is 11.3. The molecule has 0 aliphatic rings. The van der Waals surface area contributed by atoms with Crippen LogP contribution in [0, 0.1) is 0 Å². The molecule has 1 aromatic heterocycles. The molecular formula is C19H18N2O5S. The van der Waals surface area contributed by atoms with Crippen molar-refractivity contribution in [1.29, 1.82) is 0 Å². The lowest BCUT2D eigenvalue weighted by Crippen LogP contribution is -2.23. The Hall–Kier alpha value is -2.97. The minimum Gasteiger partial charge on any atom is -0.455 e. The first-order valence-electron chi connectivity index (χ1n) is 8.27. The highest BCUT2D eigenvalue weighted by Crippen LogP contribution is 2.20. The Labute approximate surface area is 157 Å². The first kappa shape index (κ1) is 18.8. The monoisotopic (exact) mass is 386 g/mol. The fourth-order valence-corrected chi connectivity index (χ4v) is 3.49. The molecule has 3 rings (SSSR count). The maximum absolute atomic E-state index is 12.2. The number of nitrogens with one attached hydrogen (secondary N) is 1. The first-order valence-corrected chi connectivity index (χ1v) is 9.76. The second-order valence-corrected chi connectivity index (χ2v) is 7.42. The lowest BCUT2D eigenvalue weighted by molar-refractivity contribution is 0.0464. The Morgan fingerprint density at radius 2 is 1.89 bits per heavy atom. The predicted molar refractivity (Wildman–Crippen MR) is 98.4 cm³/mol. The van der Waals surface area contributed by atoms with Gasteiger partial charge in [-0.25, -0.2) is 17.9 Å². The van der Waals surface area contributed by atoms with Crippen LogP contribution in [-0.2, 0) is 21.4 Å². The van der Waals surface area contributed by atoms with Gasteiger partial charge in [0.2, 0.25) is 10.0 Å². The average molecular weight is 386 g/mol. The molecule has 1 N–H and O–H groups in total. The molecule has 0 fully saturated rings. The van der Waals surface area contributed by atoms with Gasteiger partial charge in [-0.3, -0.25) is 0 Å². The molecule has 0 saturated heterocycles. The predicted octanol–water partition coefficient (Wildman–Crippen LogP) is 3.00. The number of rotatable bonds is 7. The summed E-state index contributed by atoms with van der Waals surface area (Å²) in [6, 6.07) is 16.8. The third kappa shape index (κ3) is 4.60. The molecule has 0 bridgehead atoms. The van der Waals surface area contributed by atoms with Crippen molar-refractivity contribution >= 4 is 16.0 Å². The van der Waals surface area contributed by atoms with Gasteiger partial charge in [0.05, 0.1) is 10.5 Å². The van der Waals surface area contributed by atoms with Crippen LogP contribution in [0.5, 0.6) is 0 Å². The number of aromatic nitrogens is 1. The number of benzene rings is 2. The van der Waals surface area contributed by atoms with Gasteiger partial charge in [0.1, 0.15) is 12.3 Å². The number of sulfonamides is 1. The van der Waals surface area contributed by atoms with Crippen LogP contribution >= 0.6 is 0 Å². The summed E-state index contributed by atoms with van der Waals surface area (Å²) in [6.07, 6.45) is 0. The van der Waals surface area contributed by atoms with Crippen molar-refractivity contribution in [1.82, 2.24) is 9.88 Å². The maximum Gasteiger partial charge on any atom is 0.338 e. The third-order valence-electron chi connectivity index (χ3n) is 3.68. The summed E-state index contributed by atoms with van der Waals surface area (Å²) < 4.78 is 36.9. The highest BCUT2D eigenvalue weighted by molar-refractivity contribution is 7.89. The number of ether oxygens (including phenoxy) is 1. The quantitative estimate of drug-likeness (QED) is 0.627. The van der Waals surface area contributed by atoms with Gasteiger partial charge in [0.25, 0.3) is 0 Å². The van der Waals surface area contributed by atoms with Crippen LogP contribution in [0.2, 0.25) is 0 Å². The Morgan fingerprint density at radius 1 is 1.11 bits per heavy atom. The summed E-state index contributed by atoms with van der Waals surface area (Å²) in [4.78, 5) is 12.2. The van der Waals surface area contributed by atoms with E-state index in [4.69, 9.17) is 9.26 Å². The van der Waals surface area contributed by atoms with Gasteiger partial charge < -0.3 is 9.26 Å². The molecule has 0 aliphatic carbocycles. The molecule has 27 heavy (non-hydrogen) atoms. The van der Waals surface area contributed by atoms with Crippen LogP contribution in [0.4, 0.5) is 0 Å². The van der Waals surface area contributed by atoms with E-state index in [9.17, 15) is 13.2 Å². The topological polar surface area (TPSA) is 98.5 Å². The number of esters is 1. The zero-order valence-electron chi connectivity index (χ0n) is 14.6. The van der Waals surface area contributed by atoms with Crippen molar-refractivity contribution in [2.24, 2.45) is 0 Å². The molecule has 0 aliphatic heterocycles. The van der Waals surface area contributed by atoms with Gasteiger partial charge in [-0.15, -0.1) is 0 Å². The molecule has 0 unspecified atom stereocenters. The molecule has 8 heteroatoms. The Balaban J connectivity index is 1.67.